The van der Waals surface area contributed by atoms with Crippen LogP contribution in [0.5, 0.6) is 5.75 Å². The number of hydrogen-bond donors (Lipinski definition) is 3. The molecule has 2 heterocycles. The van der Waals surface area contributed by atoms with Crippen LogP contribution in [0.15, 0.2) is 72.8 Å². The minimum absolute atomic E-state index is 0.0824. The lowest BCUT2D eigenvalue weighted by molar-refractivity contribution is -0.127. The molecule has 2 atom stereocenters. The van der Waals surface area contributed by atoms with Crippen molar-refractivity contribution in [3.8, 4) is 5.75 Å². The summed E-state index contributed by atoms with van der Waals surface area (Å²) in [7, 11) is 0. The van der Waals surface area contributed by atoms with E-state index in [0.717, 1.165) is 20.2 Å². The third-order valence-corrected chi connectivity index (χ3v) is 6.63. The molecule has 1 aliphatic heterocycles. The van der Waals surface area contributed by atoms with Crippen LogP contribution in [0.25, 0.3) is 11.0 Å². The minimum atomic E-state index is -0.775. The molecule has 0 saturated carbocycles. The van der Waals surface area contributed by atoms with Gasteiger partial charge in [0.05, 0.1) is 23.6 Å². The number of imidazole rings is 1. The summed E-state index contributed by atoms with van der Waals surface area (Å²) in [6, 6.07) is 21.4. The zero-order valence-electron chi connectivity index (χ0n) is 18.6. The molecule has 0 radical (unpaired) electrons. The van der Waals surface area contributed by atoms with Crippen LogP contribution < -0.4 is 10.1 Å². The Balaban J connectivity index is 1.42. The molecule has 1 aromatic heterocycles. The number of aromatic amines is 1. The first-order valence-corrected chi connectivity index (χ1v) is 12.3. The first-order chi connectivity index (χ1) is 17.0. The maximum atomic E-state index is 13.3. The lowest BCUT2D eigenvalue weighted by Gasteiger charge is -2.21. The molecule has 3 amide bonds. The van der Waals surface area contributed by atoms with Gasteiger partial charge in [0.2, 0.25) is 0 Å². The van der Waals surface area contributed by atoms with Crippen LogP contribution in [-0.4, -0.2) is 51.7 Å². The second kappa shape index (κ2) is 10.0. The number of halogens is 1. The van der Waals surface area contributed by atoms with E-state index in [1.165, 1.54) is 4.90 Å². The molecule has 9 heteroatoms. The van der Waals surface area contributed by atoms with E-state index in [4.69, 9.17) is 14.8 Å². The van der Waals surface area contributed by atoms with Gasteiger partial charge >= 0.3 is 6.03 Å². The highest BCUT2D eigenvalue weighted by Crippen LogP contribution is 2.30. The quantitative estimate of drug-likeness (QED) is 0.216. The largest absolute Gasteiger partial charge is 0.491 e. The number of urea groups is 1. The fourth-order valence-electron chi connectivity index (χ4n) is 4.22. The predicted octanol–water partition coefficient (Wildman–Crippen LogP) is 3.96. The molecule has 4 aromatic rings. The Bertz CT molecular complexity index is 1360. The van der Waals surface area contributed by atoms with E-state index < -0.39 is 12.1 Å². The first kappa shape index (κ1) is 23.3. The standard InChI is InChI=1S/C26H23IN4O4/c27-18-8-11-21-22(14-18)29-24(28-21)20(16-4-2-1-3-5-16)15-31-25(33)23(30-26(31)34)17-6-9-19(10-7-17)35-13-12-32/h1-11,14,20,23,32H,12-13,15H2,(H,28,29)(H,30,34)/t20-,23+/m0/s1. The molecule has 0 aliphatic carbocycles. The zero-order chi connectivity index (χ0) is 24.4. The third kappa shape index (κ3) is 4.87. The van der Waals surface area contributed by atoms with Crippen LogP contribution in [0, 0.1) is 3.57 Å². The molecule has 3 N–H and O–H groups in total. The molecule has 35 heavy (non-hydrogen) atoms. The molecule has 5 rings (SSSR count). The number of nitrogens with zero attached hydrogens (tertiary/aromatic N) is 2. The highest BCUT2D eigenvalue weighted by atomic mass is 127. The van der Waals surface area contributed by atoms with Gasteiger partial charge in [-0.25, -0.2) is 9.78 Å². The lowest BCUT2D eigenvalue weighted by Crippen LogP contribution is -2.35. The molecule has 0 bridgehead atoms. The summed E-state index contributed by atoms with van der Waals surface area (Å²) in [5.74, 6) is 0.650. The fourth-order valence-corrected chi connectivity index (χ4v) is 4.71. The fraction of sp³-hybridized carbons (Fsp3) is 0.192. The Morgan fingerprint density at radius 1 is 1.06 bits per heavy atom. The number of hydrogen-bond acceptors (Lipinski definition) is 5. The molecule has 178 valence electrons. The predicted molar refractivity (Wildman–Crippen MR) is 139 cm³/mol. The van der Waals surface area contributed by atoms with Crippen LogP contribution in [0.4, 0.5) is 4.79 Å². The van der Waals surface area contributed by atoms with Gasteiger partial charge < -0.3 is 20.1 Å². The van der Waals surface area contributed by atoms with Gasteiger partial charge in [-0.3, -0.25) is 9.69 Å². The number of fused-ring (bicyclic) bond motifs is 1. The Morgan fingerprint density at radius 3 is 2.57 bits per heavy atom. The summed E-state index contributed by atoms with van der Waals surface area (Å²) in [5.41, 5.74) is 3.36. The van der Waals surface area contributed by atoms with Crippen molar-refractivity contribution in [1.29, 1.82) is 0 Å². The van der Waals surface area contributed by atoms with E-state index in [9.17, 15) is 9.59 Å². The number of H-pyrrole nitrogens is 1. The summed E-state index contributed by atoms with van der Waals surface area (Å²) in [6.07, 6.45) is 0. The van der Waals surface area contributed by atoms with Crippen molar-refractivity contribution in [3.05, 3.63) is 93.3 Å². The van der Waals surface area contributed by atoms with E-state index in [1.807, 2.05) is 48.5 Å². The zero-order valence-corrected chi connectivity index (χ0v) is 20.8. The van der Waals surface area contributed by atoms with Crippen molar-refractivity contribution in [2.75, 3.05) is 19.8 Å². The average molecular weight is 582 g/mol. The lowest BCUT2D eigenvalue weighted by atomic mass is 9.97. The minimum Gasteiger partial charge on any atom is -0.491 e. The van der Waals surface area contributed by atoms with Gasteiger partial charge in [0.15, 0.2) is 0 Å². The van der Waals surface area contributed by atoms with Gasteiger partial charge in [-0.05, 0) is 64.0 Å². The molecular weight excluding hydrogens is 559 g/mol. The Morgan fingerprint density at radius 2 is 1.83 bits per heavy atom. The summed E-state index contributed by atoms with van der Waals surface area (Å²) in [4.78, 5) is 35.7. The average Bonchev–Trinajstić information content (AvgIpc) is 3.41. The Labute approximate surface area is 215 Å². The van der Waals surface area contributed by atoms with E-state index in [-0.39, 0.29) is 31.6 Å². The summed E-state index contributed by atoms with van der Waals surface area (Å²) >= 11 is 2.26. The molecule has 1 fully saturated rings. The van der Waals surface area contributed by atoms with Crippen molar-refractivity contribution in [2.24, 2.45) is 0 Å². The van der Waals surface area contributed by atoms with Crippen LogP contribution in [0.1, 0.15) is 28.9 Å². The Kier molecular flexibility index (Phi) is 6.69. The van der Waals surface area contributed by atoms with E-state index >= 15 is 0 Å². The molecule has 3 aromatic carbocycles. The third-order valence-electron chi connectivity index (χ3n) is 5.96. The number of aliphatic hydroxyl groups is 1. The SMILES string of the molecule is O=C1N[C@H](c2ccc(OCCO)cc2)C(=O)N1C[C@@H](c1ccccc1)c1nc2ccc(I)cc2[nH]1. The molecule has 0 spiro atoms. The first-order valence-electron chi connectivity index (χ1n) is 11.2. The number of ether oxygens (including phenoxy) is 1. The summed E-state index contributed by atoms with van der Waals surface area (Å²) in [5, 5.41) is 11.7. The van der Waals surface area contributed by atoms with E-state index in [1.54, 1.807) is 24.3 Å². The van der Waals surface area contributed by atoms with Crippen LogP contribution >= 0.6 is 22.6 Å². The van der Waals surface area contributed by atoms with Crippen molar-refractivity contribution in [3.63, 3.8) is 0 Å². The number of aliphatic hydroxyl groups excluding tert-OH is 1. The van der Waals surface area contributed by atoms with E-state index in [0.29, 0.717) is 17.1 Å². The molecule has 1 aliphatic rings. The van der Waals surface area contributed by atoms with Crippen molar-refractivity contribution < 1.29 is 19.4 Å². The number of benzene rings is 3. The normalized spacial score (nSPS) is 16.5. The van der Waals surface area contributed by atoms with E-state index in [2.05, 4.69) is 32.9 Å². The molecule has 0 unspecified atom stereocenters. The van der Waals surface area contributed by atoms with Crippen molar-refractivity contribution in [2.45, 2.75) is 12.0 Å². The number of rotatable bonds is 8. The van der Waals surface area contributed by atoms with Crippen LogP contribution in [0.3, 0.4) is 0 Å². The number of nitrogens with one attached hydrogen (secondary N) is 2. The number of amides is 3. The van der Waals surface area contributed by atoms with Gasteiger partial charge in [0.25, 0.3) is 5.91 Å². The van der Waals surface area contributed by atoms with Crippen LogP contribution in [0.2, 0.25) is 0 Å². The van der Waals surface area contributed by atoms with Gasteiger partial charge in [-0.1, -0.05) is 42.5 Å². The Hall–Kier alpha value is -3.44. The highest BCUT2D eigenvalue weighted by Gasteiger charge is 2.40. The maximum Gasteiger partial charge on any atom is 0.325 e. The molecule has 8 nitrogen and oxygen atoms in total. The number of carbonyl (C=O) groups is 2. The number of imide groups is 1. The number of carbonyl (C=O) groups excluding carboxylic acids is 2. The van der Waals surface area contributed by atoms with Crippen molar-refractivity contribution in [1.82, 2.24) is 20.2 Å². The van der Waals surface area contributed by atoms with Gasteiger partial charge in [0.1, 0.15) is 24.2 Å². The second-order valence-electron chi connectivity index (χ2n) is 8.22. The smallest absolute Gasteiger partial charge is 0.325 e. The highest BCUT2D eigenvalue weighted by molar-refractivity contribution is 14.1. The van der Waals surface area contributed by atoms with Gasteiger partial charge in [-0.2, -0.15) is 0 Å². The summed E-state index contributed by atoms with van der Waals surface area (Å²) in [6.45, 7) is 0.259. The van der Waals surface area contributed by atoms with Gasteiger partial charge in [0, 0.05) is 10.1 Å². The summed E-state index contributed by atoms with van der Waals surface area (Å²) < 4.78 is 6.47. The number of aromatic nitrogens is 2. The van der Waals surface area contributed by atoms with Gasteiger partial charge in [-0.15, -0.1) is 0 Å². The molecular formula is C26H23IN4O4. The maximum absolute atomic E-state index is 13.3. The topological polar surface area (TPSA) is 108 Å². The van der Waals surface area contributed by atoms with Crippen molar-refractivity contribution >= 4 is 45.6 Å². The second-order valence-corrected chi connectivity index (χ2v) is 9.46. The van der Waals surface area contributed by atoms with Crippen LogP contribution in [-0.2, 0) is 4.79 Å². The monoisotopic (exact) mass is 582 g/mol. The molecule has 1 saturated heterocycles.